The topological polar surface area (TPSA) is 126 Å². The number of aromatic nitrogens is 2. The van der Waals surface area contributed by atoms with Crippen LogP contribution in [0.25, 0.3) is 5.57 Å². The smallest absolute Gasteiger partial charge is 0.276 e. The minimum Gasteiger partial charge on any atom is -0.361 e. The molecule has 1 aromatic heterocycles. The van der Waals surface area contributed by atoms with E-state index in [0.717, 1.165) is 48.4 Å². The molecule has 0 atom stereocenters. The number of nitriles is 1. The molecule has 0 bridgehead atoms. The highest BCUT2D eigenvalue weighted by Crippen LogP contribution is 2.32. The van der Waals surface area contributed by atoms with Gasteiger partial charge in [0, 0.05) is 46.3 Å². The van der Waals surface area contributed by atoms with Crippen molar-refractivity contribution in [3.63, 3.8) is 0 Å². The molecule has 0 unspecified atom stereocenters. The highest BCUT2D eigenvalue weighted by atomic mass is 32.2. The van der Waals surface area contributed by atoms with Crippen molar-refractivity contribution in [3.8, 4) is 6.07 Å². The van der Waals surface area contributed by atoms with Crippen molar-refractivity contribution in [2.45, 2.75) is 70.4 Å². The lowest BCUT2D eigenvalue weighted by atomic mass is 9.86. The number of Topliss-reactive ketones (excluding diaryl/α,β-unsaturated/α-hetero) is 1. The Labute approximate surface area is 226 Å². The summed E-state index contributed by atoms with van der Waals surface area (Å²) in [7, 11) is -4.67. The number of imidazole rings is 1. The molecule has 204 valence electrons. The van der Waals surface area contributed by atoms with Gasteiger partial charge in [-0.2, -0.15) is 13.7 Å². The maximum atomic E-state index is 13.5. The van der Waals surface area contributed by atoms with Crippen LogP contribution in [-0.4, -0.2) is 51.5 Å². The van der Waals surface area contributed by atoms with Crippen LogP contribution in [0.3, 0.4) is 0 Å². The molecule has 4 rings (SSSR count). The fourth-order valence-corrected chi connectivity index (χ4v) is 6.45. The Morgan fingerprint density at radius 3 is 2.66 bits per heavy atom. The Bertz CT molecular complexity index is 1340. The van der Waals surface area contributed by atoms with Crippen molar-refractivity contribution in [2.24, 2.45) is 0 Å². The average molecular weight is 556 g/mol. The number of carbonyl (C=O) groups is 1. The summed E-state index contributed by atoms with van der Waals surface area (Å²) in [6, 6.07) is 9.12. The molecule has 0 amide bonds. The number of nitrogens with zero attached hydrogens (tertiary/aromatic N) is 3. The van der Waals surface area contributed by atoms with Gasteiger partial charge in [0.1, 0.15) is 12.8 Å². The number of ether oxygens (including phenoxy) is 1. The minimum atomic E-state index is -3.43. The van der Waals surface area contributed by atoms with Gasteiger partial charge >= 0.3 is 0 Å². The van der Waals surface area contributed by atoms with Gasteiger partial charge in [0.2, 0.25) is 5.78 Å². The second kappa shape index (κ2) is 12.0. The van der Waals surface area contributed by atoms with Gasteiger partial charge in [-0.3, -0.25) is 4.79 Å². The number of nitrogens with one attached hydrogen (secondary N) is 2. The van der Waals surface area contributed by atoms with Crippen LogP contribution >= 0.6 is 0 Å². The average Bonchev–Trinajstić information content (AvgIpc) is 3.30. The van der Waals surface area contributed by atoms with Gasteiger partial charge in [-0.05, 0) is 54.0 Å². The van der Waals surface area contributed by atoms with Gasteiger partial charge in [0.15, 0.2) is 11.5 Å². The minimum absolute atomic E-state index is 0.00314. The third-order valence-corrected chi connectivity index (χ3v) is 9.80. The van der Waals surface area contributed by atoms with E-state index in [2.05, 4.69) is 46.2 Å². The summed E-state index contributed by atoms with van der Waals surface area (Å²) < 4.78 is 36.1. The molecule has 0 saturated carbocycles. The lowest BCUT2D eigenvalue weighted by molar-refractivity contribution is 0.0799. The van der Waals surface area contributed by atoms with E-state index in [4.69, 9.17) is 4.74 Å². The Hall–Kier alpha value is -2.62. The van der Waals surface area contributed by atoms with E-state index in [1.54, 1.807) is 10.8 Å². The third-order valence-electron chi connectivity index (χ3n) is 7.00. The quantitative estimate of drug-likeness (QED) is 0.260. The number of ketones is 1. The number of benzene rings is 1. The standard InChI is InChI=1S/C27H37N5O4SSi/c1-38(2,3)12-11-36-19-32-18-24(15-28)31-27(32)26(33)14-22-10-9-21(23-16-29-37(34,35)30-17-23)13-25(22)20-7-5-4-6-8-20/h7,9-10,13,18,23,29-30H,4-6,8,11-12,14,16-17,19H2,1-3H3. The predicted molar refractivity (Wildman–Crippen MR) is 150 cm³/mol. The van der Waals surface area contributed by atoms with Crippen molar-refractivity contribution in [1.82, 2.24) is 19.0 Å². The zero-order valence-electron chi connectivity index (χ0n) is 22.4. The van der Waals surface area contributed by atoms with Crippen LogP contribution in [0.2, 0.25) is 25.7 Å². The van der Waals surface area contributed by atoms with Crippen LogP contribution in [0.15, 0.2) is 30.5 Å². The van der Waals surface area contributed by atoms with Gasteiger partial charge < -0.3 is 9.30 Å². The number of rotatable bonds is 10. The Kier molecular flexibility index (Phi) is 9.00. The first kappa shape index (κ1) is 28.4. The molecule has 2 heterocycles. The molecular formula is C27H37N5O4SSi. The van der Waals surface area contributed by atoms with Crippen LogP contribution in [0, 0.1) is 11.3 Å². The number of carbonyl (C=O) groups excluding carboxylic acids is 1. The molecule has 0 spiro atoms. The highest BCUT2D eigenvalue weighted by molar-refractivity contribution is 7.87. The van der Waals surface area contributed by atoms with E-state index in [9.17, 15) is 18.5 Å². The largest absolute Gasteiger partial charge is 0.361 e. The lowest BCUT2D eigenvalue weighted by Crippen LogP contribution is -2.47. The van der Waals surface area contributed by atoms with E-state index in [0.29, 0.717) is 19.7 Å². The fraction of sp³-hybridized carbons (Fsp3) is 0.519. The van der Waals surface area contributed by atoms with Gasteiger partial charge in [-0.15, -0.1) is 0 Å². The molecule has 1 aliphatic carbocycles. The van der Waals surface area contributed by atoms with E-state index >= 15 is 0 Å². The summed E-state index contributed by atoms with van der Waals surface area (Å²) in [4.78, 5) is 17.8. The Morgan fingerprint density at radius 2 is 2.00 bits per heavy atom. The summed E-state index contributed by atoms with van der Waals surface area (Å²) >= 11 is 0. The van der Waals surface area contributed by atoms with Crippen LogP contribution in [-0.2, 0) is 28.1 Å². The zero-order valence-corrected chi connectivity index (χ0v) is 24.2. The molecular weight excluding hydrogens is 518 g/mol. The van der Waals surface area contributed by atoms with Gasteiger partial charge in [0.05, 0.1) is 0 Å². The summed E-state index contributed by atoms with van der Waals surface area (Å²) in [5.74, 6) is 0.0579. The van der Waals surface area contributed by atoms with Crippen molar-refractivity contribution < 1.29 is 17.9 Å². The van der Waals surface area contributed by atoms with E-state index < -0.39 is 18.3 Å². The molecule has 38 heavy (non-hydrogen) atoms. The fourth-order valence-electron chi connectivity index (χ4n) is 4.75. The number of hydrogen-bond donors (Lipinski definition) is 2. The second-order valence-electron chi connectivity index (χ2n) is 11.3. The van der Waals surface area contributed by atoms with Crippen LogP contribution in [0.1, 0.15) is 64.6 Å². The van der Waals surface area contributed by atoms with Gasteiger partial charge in [0.25, 0.3) is 10.2 Å². The maximum Gasteiger partial charge on any atom is 0.276 e. The van der Waals surface area contributed by atoms with Crippen LogP contribution in [0.4, 0.5) is 0 Å². The first-order chi connectivity index (χ1) is 18.0. The molecule has 1 fully saturated rings. The van der Waals surface area contributed by atoms with Crippen molar-refractivity contribution in [3.05, 3.63) is 58.7 Å². The molecule has 2 aliphatic rings. The molecule has 1 aliphatic heterocycles. The molecule has 11 heteroatoms. The first-order valence-corrected chi connectivity index (χ1v) is 18.4. The summed E-state index contributed by atoms with van der Waals surface area (Å²) in [6.45, 7) is 8.30. The van der Waals surface area contributed by atoms with Gasteiger partial charge in [-0.25, -0.2) is 14.4 Å². The highest BCUT2D eigenvalue weighted by Gasteiger charge is 2.25. The SMILES string of the molecule is C[Si](C)(C)CCOCn1cc(C#N)nc1C(=O)Cc1ccc(C2CNS(=O)(=O)NC2)cc1C1=CCCCC1. The Morgan fingerprint density at radius 1 is 1.24 bits per heavy atom. The van der Waals surface area contributed by atoms with E-state index in [1.807, 2.05) is 18.2 Å². The third kappa shape index (κ3) is 7.48. The van der Waals surface area contributed by atoms with Crippen molar-refractivity contribution in [2.75, 3.05) is 19.7 Å². The zero-order chi connectivity index (χ0) is 27.3. The molecule has 0 radical (unpaired) electrons. The molecule has 2 aromatic rings. The lowest BCUT2D eigenvalue weighted by Gasteiger charge is -2.25. The predicted octanol–water partition coefficient (Wildman–Crippen LogP) is 3.97. The number of hydrogen-bond acceptors (Lipinski definition) is 6. The number of allylic oxidation sites excluding steroid dienone is 2. The summed E-state index contributed by atoms with van der Waals surface area (Å²) in [5, 5.41) is 9.40. The molecule has 1 saturated heterocycles. The summed E-state index contributed by atoms with van der Waals surface area (Å²) in [6.07, 6.45) is 8.17. The molecule has 1 aromatic carbocycles. The Balaban J connectivity index is 1.56. The van der Waals surface area contributed by atoms with Crippen molar-refractivity contribution >= 4 is 29.6 Å². The van der Waals surface area contributed by atoms with Crippen molar-refractivity contribution in [1.29, 1.82) is 5.26 Å². The van der Waals surface area contributed by atoms with Crippen LogP contribution < -0.4 is 9.44 Å². The van der Waals surface area contributed by atoms with Gasteiger partial charge in [-0.1, -0.05) is 43.9 Å². The van der Waals surface area contributed by atoms with Crippen LogP contribution in [0.5, 0.6) is 0 Å². The normalized spacial score (nSPS) is 18.1. The second-order valence-corrected chi connectivity index (χ2v) is 18.5. The molecule has 2 N–H and O–H groups in total. The monoisotopic (exact) mass is 555 g/mol. The summed E-state index contributed by atoms with van der Waals surface area (Å²) in [5.41, 5.74) is 4.39. The van der Waals surface area contributed by atoms with E-state index in [-0.39, 0.29) is 36.4 Å². The van der Waals surface area contributed by atoms with E-state index in [1.165, 1.54) is 5.57 Å². The maximum absolute atomic E-state index is 13.5. The first-order valence-electron chi connectivity index (χ1n) is 13.2. The molecule has 9 nitrogen and oxygen atoms in total.